The Morgan fingerprint density at radius 1 is 1.25 bits per heavy atom. The van der Waals surface area contributed by atoms with Crippen LogP contribution in [0.4, 0.5) is 0 Å². The first kappa shape index (κ1) is 9.42. The molecule has 0 aromatic heterocycles. The second-order valence-electron chi connectivity index (χ2n) is 2.71. The molecule has 1 rings (SSSR count). The summed E-state index contributed by atoms with van der Waals surface area (Å²) >= 11 is 1.22. The fourth-order valence-corrected chi connectivity index (χ4v) is 1.52. The Labute approximate surface area is 77.2 Å². The van der Waals surface area contributed by atoms with E-state index in [-0.39, 0.29) is 0 Å². The molecule has 0 aliphatic heterocycles. The Hall–Kier alpha value is -0.670. The van der Waals surface area contributed by atoms with Crippen molar-refractivity contribution in [3.05, 3.63) is 23.3 Å². The maximum absolute atomic E-state index is 5.48. The van der Waals surface area contributed by atoms with Gasteiger partial charge in [-0.05, 0) is 49.1 Å². The molecule has 3 heteroatoms. The average Bonchev–Trinajstić information content (AvgIpc) is 2.09. The number of hydrogen-bond donors (Lipinski definition) is 1. The van der Waals surface area contributed by atoms with Crippen molar-refractivity contribution in [1.82, 2.24) is 0 Å². The minimum atomic E-state index is 0.852. The zero-order valence-electron chi connectivity index (χ0n) is 7.55. The third-order valence-corrected chi connectivity index (χ3v) is 2.48. The molecule has 0 atom stereocenters. The van der Waals surface area contributed by atoms with Gasteiger partial charge in [-0.25, -0.2) is 0 Å². The molecule has 12 heavy (non-hydrogen) atoms. The summed E-state index contributed by atoms with van der Waals surface area (Å²) in [7, 11) is 1.66. The number of hydrogen-bond acceptors (Lipinski definition) is 3. The predicted molar refractivity (Wildman–Crippen MR) is 52.5 cm³/mol. The molecule has 66 valence electrons. The Morgan fingerprint density at radius 2 is 1.83 bits per heavy atom. The summed E-state index contributed by atoms with van der Waals surface area (Å²) in [6, 6.07) is 4.04. The van der Waals surface area contributed by atoms with E-state index in [0.29, 0.717) is 0 Å². The second-order valence-corrected chi connectivity index (χ2v) is 3.38. The highest BCUT2D eigenvalue weighted by atomic mass is 32.2. The molecule has 0 amide bonds. The van der Waals surface area contributed by atoms with Gasteiger partial charge in [0, 0.05) is 0 Å². The summed E-state index contributed by atoms with van der Waals surface area (Å²) in [5, 5.41) is 5.48. The molecule has 1 aromatic carbocycles. The molecule has 2 N–H and O–H groups in total. The van der Waals surface area contributed by atoms with E-state index < -0.39 is 0 Å². The first-order valence-electron chi connectivity index (χ1n) is 3.71. The first-order valence-corrected chi connectivity index (χ1v) is 4.59. The van der Waals surface area contributed by atoms with Crippen molar-refractivity contribution < 1.29 is 4.74 Å². The van der Waals surface area contributed by atoms with Crippen LogP contribution in [0.1, 0.15) is 11.1 Å². The van der Waals surface area contributed by atoms with Crippen LogP contribution in [0.3, 0.4) is 0 Å². The monoisotopic (exact) mass is 183 g/mol. The number of rotatable bonds is 2. The van der Waals surface area contributed by atoms with Crippen molar-refractivity contribution >= 4 is 11.9 Å². The Morgan fingerprint density at radius 3 is 2.33 bits per heavy atom. The zero-order chi connectivity index (χ0) is 9.14. The summed E-state index contributed by atoms with van der Waals surface area (Å²) in [6.45, 7) is 4.12. The Bertz CT molecular complexity index is 257. The van der Waals surface area contributed by atoms with E-state index in [9.17, 15) is 0 Å². The lowest BCUT2D eigenvalue weighted by atomic mass is 10.1. The number of methoxy groups -OCH3 is 1. The van der Waals surface area contributed by atoms with E-state index in [0.717, 1.165) is 10.6 Å². The van der Waals surface area contributed by atoms with E-state index in [1.165, 1.54) is 23.1 Å². The van der Waals surface area contributed by atoms with Crippen LogP contribution < -0.4 is 9.88 Å². The van der Waals surface area contributed by atoms with Gasteiger partial charge in [0.2, 0.25) is 0 Å². The van der Waals surface area contributed by atoms with Crippen LogP contribution in [0.2, 0.25) is 0 Å². The molecule has 0 bridgehead atoms. The van der Waals surface area contributed by atoms with Crippen molar-refractivity contribution in [2.24, 2.45) is 5.14 Å². The highest BCUT2D eigenvalue weighted by Gasteiger charge is 2.04. The van der Waals surface area contributed by atoms with Gasteiger partial charge in [-0.15, -0.1) is 0 Å². The molecule has 0 saturated heterocycles. The molecule has 0 heterocycles. The van der Waals surface area contributed by atoms with Crippen LogP contribution in [0.15, 0.2) is 17.0 Å². The number of benzene rings is 1. The summed E-state index contributed by atoms with van der Waals surface area (Å²) < 4.78 is 5.17. The lowest BCUT2D eigenvalue weighted by molar-refractivity contribution is 0.404. The van der Waals surface area contributed by atoms with E-state index >= 15 is 0 Å². The van der Waals surface area contributed by atoms with Gasteiger partial charge in [0.15, 0.2) is 0 Å². The van der Waals surface area contributed by atoms with Crippen molar-refractivity contribution in [1.29, 1.82) is 0 Å². The third-order valence-electron chi connectivity index (χ3n) is 1.91. The van der Waals surface area contributed by atoms with Crippen molar-refractivity contribution in [3.8, 4) is 5.75 Å². The van der Waals surface area contributed by atoms with Gasteiger partial charge >= 0.3 is 0 Å². The Kier molecular flexibility index (Phi) is 3.00. The molecule has 2 nitrogen and oxygen atoms in total. The lowest BCUT2D eigenvalue weighted by Gasteiger charge is -2.08. The normalized spacial score (nSPS) is 10.0. The molecule has 0 fully saturated rings. The molecular formula is C9H13NOS. The zero-order valence-corrected chi connectivity index (χ0v) is 8.37. The lowest BCUT2D eigenvalue weighted by Crippen LogP contribution is -1.91. The second kappa shape index (κ2) is 3.83. The van der Waals surface area contributed by atoms with Crippen LogP contribution in [0, 0.1) is 13.8 Å². The standard InChI is InChI=1S/C9H13NOS/c1-6-4-8(11-3)9(12-10)5-7(6)2/h4-5H,10H2,1-3H3. The van der Waals surface area contributed by atoms with Gasteiger partial charge in [-0.2, -0.15) is 0 Å². The quantitative estimate of drug-likeness (QED) is 0.714. The van der Waals surface area contributed by atoms with Gasteiger partial charge in [0.25, 0.3) is 0 Å². The molecule has 1 aromatic rings. The Balaban J connectivity index is 3.19. The van der Waals surface area contributed by atoms with Crippen LogP contribution in [0.25, 0.3) is 0 Å². The van der Waals surface area contributed by atoms with Crippen LogP contribution in [-0.4, -0.2) is 7.11 Å². The predicted octanol–water partition coefficient (Wildman–Crippen LogP) is 2.28. The minimum absolute atomic E-state index is 0.852. The van der Waals surface area contributed by atoms with Crippen LogP contribution >= 0.6 is 11.9 Å². The molecule has 0 aliphatic carbocycles. The molecule has 0 unspecified atom stereocenters. The van der Waals surface area contributed by atoms with Gasteiger partial charge in [0.05, 0.1) is 12.0 Å². The molecule has 0 radical (unpaired) electrons. The number of aryl methyl sites for hydroxylation is 2. The first-order chi connectivity index (χ1) is 5.69. The SMILES string of the molecule is COc1cc(C)c(C)cc1SN. The summed E-state index contributed by atoms with van der Waals surface area (Å²) in [5.41, 5.74) is 2.47. The smallest absolute Gasteiger partial charge is 0.134 e. The van der Waals surface area contributed by atoms with Crippen molar-refractivity contribution in [2.45, 2.75) is 18.7 Å². The van der Waals surface area contributed by atoms with Crippen molar-refractivity contribution in [2.75, 3.05) is 7.11 Å². The van der Waals surface area contributed by atoms with Crippen LogP contribution in [-0.2, 0) is 0 Å². The highest BCUT2D eigenvalue weighted by molar-refractivity contribution is 7.97. The largest absolute Gasteiger partial charge is 0.496 e. The van der Waals surface area contributed by atoms with E-state index in [1.54, 1.807) is 7.11 Å². The summed E-state index contributed by atoms with van der Waals surface area (Å²) in [4.78, 5) is 0.987. The van der Waals surface area contributed by atoms with E-state index in [1.807, 2.05) is 12.1 Å². The fraction of sp³-hybridized carbons (Fsp3) is 0.333. The summed E-state index contributed by atoms with van der Waals surface area (Å²) in [5.74, 6) is 0.852. The summed E-state index contributed by atoms with van der Waals surface area (Å²) in [6.07, 6.45) is 0. The van der Waals surface area contributed by atoms with Gasteiger partial charge < -0.3 is 4.74 Å². The topological polar surface area (TPSA) is 35.2 Å². The van der Waals surface area contributed by atoms with Gasteiger partial charge in [-0.1, -0.05) is 0 Å². The molecule has 0 aliphatic rings. The third kappa shape index (κ3) is 1.73. The fourth-order valence-electron chi connectivity index (χ4n) is 1.01. The molecular weight excluding hydrogens is 170 g/mol. The number of nitrogens with two attached hydrogens (primary N) is 1. The maximum Gasteiger partial charge on any atom is 0.134 e. The number of ether oxygens (including phenoxy) is 1. The highest BCUT2D eigenvalue weighted by Crippen LogP contribution is 2.28. The van der Waals surface area contributed by atoms with Crippen LogP contribution in [0.5, 0.6) is 5.75 Å². The molecule has 0 saturated carbocycles. The van der Waals surface area contributed by atoms with Gasteiger partial charge in [-0.3, -0.25) is 5.14 Å². The molecule has 0 spiro atoms. The maximum atomic E-state index is 5.48. The van der Waals surface area contributed by atoms with Gasteiger partial charge in [0.1, 0.15) is 5.75 Å². The van der Waals surface area contributed by atoms with E-state index in [2.05, 4.69) is 13.8 Å². The minimum Gasteiger partial charge on any atom is -0.496 e. The average molecular weight is 183 g/mol. The van der Waals surface area contributed by atoms with Crippen molar-refractivity contribution in [3.63, 3.8) is 0 Å². The van der Waals surface area contributed by atoms with E-state index in [4.69, 9.17) is 9.88 Å².